The number of halogens is 1. The fourth-order valence-corrected chi connectivity index (χ4v) is 1.71. The molecule has 0 saturated heterocycles. The van der Waals surface area contributed by atoms with Crippen LogP contribution in [0.1, 0.15) is 12.6 Å². The van der Waals surface area contributed by atoms with Crippen molar-refractivity contribution in [3.8, 4) is 0 Å². The van der Waals surface area contributed by atoms with E-state index in [4.69, 9.17) is 0 Å². The van der Waals surface area contributed by atoms with E-state index < -0.39 is 0 Å². The maximum absolute atomic E-state index is 10.9. The molecule has 0 aliphatic rings. The molecule has 0 atom stereocenters. The van der Waals surface area contributed by atoms with Crippen LogP contribution in [0.5, 0.6) is 0 Å². The van der Waals surface area contributed by atoms with Crippen LogP contribution >= 0.6 is 15.9 Å². The van der Waals surface area contributed by atoms with Crippen LogP contribution < -0.4 is 0 Å². The predicted octanol–water partition coefficient (Wildman–Crippen LogP) is 2.23. The Morgan fingerprint density at radius 1 is 1.50 bits per heavy atom. The zero-order valence-corrected chi connectivity index (χ0v) is 9.28. The Labute approximate surface area is 89.9 Å². The topological polar surface area (TPSA) is 34.4 Å². The van der Waals surface area contributed by atoms with Crippen LogP contribution in [0.4, 0.5) is 0 Å². The lowest BCUT2D eigenvalue weighted by atomic mass is 10.2. The molecule has 0 radical (unpaired) electrons. The molecular weight excluding hydrogens is 244 g/mol. The van der Waals surface area contributed by atoms with Crippen LogP contribution in [-0.4, -0.2) is 15.2 Å². The number of Topliss-reactive ketones (excluding diaryl/α,β-unsaturated/α-hetero) is 1. The SMILES string of the molecule is CC(=O)Cc1cn2cc(Br)ccc2n1. The lowest BCUT2D eigenvalue weighted by Crippen LogP contribution is -1.95. The van der Waals surface area contributed by atoms with Gasteiger partial charge in [-0.2, -0.15) is 0 Å². The molecule has 0 bridgehead atoms. The van der Waals surface area contributed by atoms with E-state index in [0.29, 0.717) is 6.42 Å². The molecule has 0 fully saturated rings. The molecular formula is C10H9BrN2O. The molecule has 3 nitrogen and oxygen atoms in total. The van der Waals surface area contributed by atoms with Crippen LogP contribution in [0.3, 0.4) is 0 Å². The largest absolute Gasteiger partial charge is 0.306 e. The number of imidazole rings is 1. The van der Waals surface area contributed by atoms with Gasteiger partial charge in [-0.3, -0.25) is 4.79 Å². The zero-order valence-electron chi connectivity index (χ0n) is 7.70. The minimum Gasteiger partial charge on any atom is -0.306 e. The fourth-order valence-electron chi connectivity index (χ4n) is 1.36. The van der Waals surface area contributed by atoms with Crippen molar-refractivity contribution in [3.63, 3.8) is 0 Å². The van der Waals surface area contributed by atoms with E-state index in [0.717, 1.165) is 15.8 Å². The molecule has 0 spiro atoms. The van der Waals surface area contributed by atoms with Gasteiger partial charge in [0, 0.05) is 23.3 Å². The number of carbonyl (C=O) groups excluding carboxylic acids is 1. The lowest BCUT2D eigenvalue weighted by Gasteiger charge is -1.91. The number of hydrogen-bond donors (Lipinski definition) is 0. The molecule has 2 rings (SSSR count). The number of aromatic nitrogens is 2. The van der Waals surface area contributed by atoms with Crippen LogP contribution in [-0.2, 0) is 11.2 Å². The highest BCUT2D eigenvalue weighted by Gasteiger charge is 2.03. The second kappa shape index (κ2) is 3.53. The molecule has 0 aliphatic carbocycles. The summed E-state index contributed by atoms with van der Waals surface area (Å²) in [4.78, 5) is 15.2. The van der Waals surface area contributed by atoms with E-state index in [1.807, 2.05) is 28.9 Å². The van der Waals surface area contributed by atoms with Crippen molar-refractivity contribution in [2.75, 3.05) is 0 Å². The number of nitrogens with zero attached hydrogens (tertiary/aromatic N) is 2. The first kappa shape index (κ1) is 9.40. The van der Waals surface area contributed by atoms with Gasteiger partial charge in [0.15, 0.2) is 0 Å². The van der Waals surface area contributed by atoms with Crippen LogP contribution in [0.15, 0.2) is 29.0 Å². The van der Waals surface area contributed by atoms with Crippen molar-refractivity contribution in [1.82, 2.24) is 9.38 Å². The van der Waals surface area contributed by atoms with Crippen molar-refractivity contribution in [2.45, 2.75) is 13.3 Å². The minimum atomic E-state index is 0.132. The molecule has 2 heterocycles. The van der Waals surface area contributed by atoms with Gasteiger partial charge in [-0.05, 0) is 35.0 Å². The van der Waals surface area contributed by atoms with Crippen LogP contribution in [0.25, 0.3) is 5.65 Å². The molecule has 4 heteroatoms. The zero-order chi connectivity index (χ0) is 10.1. The highest BCUT2D eigenvalue weighted by molar-refractivity contribution is 9.10. The van der Waals surface area contributed by atoms with Crippen LogP contribution in [0.2, 0.25) is 0 Å². The van der Waals surface area contributed by atoms with Gasteiger partial charge in [0.2, 0.25) is 0 Å². The summed E-state index contributed by atoms with van der Waals surface area (Å²) < 4.78 is 2.90. The summed E-state index contributed by atoms with van der Waals surface area (Å²) in [6.45, 7) is 1.57. The second-order valence-corrected chi connectivity index (χ2v) is 4.14. The molecule has 14 heavy (non-hydrogen) atoms. The Hall–Kier alpha value is -1.16. The van der Waals surface area contributed by atoms with Crippen molar-refractivity contribution in [2.24, 2.45) is 0 Å². The van der Waals surface area contributed by atoms with Gasteiger partial charge < -0.3 is 4.40 Å². The van der Waals surface area contributed by atoms with Crippen LogP contribution in [0, 0.1) is 0 Å². The van der Waals surface area contributed by atoms with Gasteiger partial charge in [-0.25, -0.2) is 4.98 Å². The standard InChI is InChI=1S/C10H9BrN2O/c1-7(14)4-9-6-13-5-8(11)2-3-10(13)12-9/h2-3,5-6H,4H2,1H3. The highest BCUT2D eigenvalue weighted by Crippen LogP contribution is 2.12. The molecule has 0 amide bonds. The summed E-state index contributed by atoms with van der Waals surface area (Å²) in [6.07, 6.45) is 4.20. The van der Waals surface area contributed by atoms with Crippen molar-refractivity contribution in [1.29, 1.82) is 0 Å². The summed E-state index contributed by atoms with van der Waals surface area (Å²) in [5.41, 5.74) is 1.68. The number of pyridine rings is 1. The monoisotopic (exact) mass is 252 g/mol. The quantitative estimate of drug-likeness (QED) is 0.822. The third kappa shape index (κ3) is 1.85. The molecule has 0 N–H and O–H groups in total. The Morgan fingerprint density at radius 3 is 3.00 bits per heavy atom. The smallest absolute Gasteiger partial charge is 0.137 e. The van der Waals surface area contributed by atoms with Gasteiger partial charge in [-0.1, -0.05) is 0 Å². The summed E-state index contributed by atoms with van der Waals surface area (Å²) >= 11 is 3.38. The summed E-state index contributed by atoms with van der Waals surface area (Å²) in [5.74, 6) is 0.132. The average molecular weight is 253 g/mol. The van der Waals surface area contributed by atoms with E-state index in [2.05, 4.69) is 20.9 Å². The summed E-state index contributed by atoms with van der Waals surface area (Å²) in [6, 6.07) is 3.84. The Bertz CT molecular complexity index is 490. The summed E-state index contributed by atoms with van der Waals surface area (Å²) in [7, 11) is 0. The normalized spacial score (nSPS) is 10.7. The van der Waals surface area contributed by atoms with Crippen molar-refractivity contribution >= 4 is 27.4 Å². The van der Waals surface area contributed by atoms with E-state index in [1.54, 1.807) is 6.92 Å². The Balaban J connectivity index is 2.46. The van der Waals surface area contributed by atoms with Gasteiger partial charge in [-0.15, -0.1) is 0 Å². The predicted molar refractivity (Wildman–Crippen MR) is 57.3 cm³/mol. The minimum absolute atomic E-state index is 0.132. The highest BCUT2D eigenvalue weighted by atomic mass is 79.9. The van der Waals surface area contributed by atoms with E-state index in [1.165, 1.54) is 0 Å². The molecule has 0 aliphatic heterocycles. The third-order valence-corrected chi connectivity index (χ3v) is 2.36. The lowest BCUT2D eigenvalue weighted by molar-refractivity contribution is -0.116. The van der Waals surface area contributed by atoms with E-state index in [-0.39, 0.29) is 5.78 Å². The van der Waals surface area contributed by atoms with Crippen molar-refractivity contribution < 1.29 is 4.79 Å². The molecule has 0 unspecified atom stereocenters. The first-order chi connectivity index (χ1) is 6.65. The van der Waals surface area contributed by atoms with E-state index in [9.17, 15) is 4.79 Å². The second-order valence-electron chi connectivity index (χ2n) is 3.22. The first-order valence-corrected chi connectivity index (χ1v) is 5.07. The molecule has 2 aromatic heterocycles. The van der Waals surface area contributed by atoms with Gasteiger partial charge in [0.25, 0.3) is 0 Å². The number of carbonyl (C=O) groups is 1. The average Bonchev–Trinajstić information content (AvgIpc) is 2.44. The molecule has 2 aromatic rings. The number of rotatable bonds is 2. The number of ketones is 1. The summed E-state index contributed by atoms with van der Waals surface area (Å²) in [5, 5.41) is 0. The Morgan fingerprint density at radius 2 is 2.29 bits per heavy atom. The maximum atomic E-state index is 10.9. The number of fused-ring (bicyclic) bond motifs is 1. The van der Waals surface area contributed by atoms with Gasteiger partial charge in [0.1, 0.15) is 11.4 Å². The molecule has 0 aromatic carbocycles. The number of hydrogen-bond acceptors (Lipinski definition) is 2. The first-order valence-electron chi connectivity index (χ1n) is 4.28. The molecule has 72 valence electrons. The van der Waals surface area contributed by atoms with Gasteiger partial charge >= 0.3 is 0 Å². The fraction of sp³-hybridized carbons (Fsp3) is 0.200. The van der Waals surface area contributed by atoms with Crippen molar-refractivity contribution in [3.05, 3.63) is 34.7 Å². The molecule has 0 saturated carbocycles. The third-order valence-electron chi connectivity index (χ3n) is 1.89. The van der Waals surface area contributed by atoms with Gasteiger partial charge in [0.05, 0.1) is 5.69 Å². The maximum Gasteiger partial charge on any atom is 0.137 e. The Kier molecular flexibility index (Phi) is 2.37. The van der Waals surface area contributed by atoms with E-state index >= 15 is 0 Å².